The molecule has 0 aromatic rings. The smallest absolute Gasteiger partial charge is 0.315 e. The van der Waals surface area contributed by atoms with E-state index >= 15 is 0 Å². The number of nitrogens with one attached hydrogen (secondary N) is 3. The van der Waals surface area contributed by atoms with Crippen molar-refractivity contribution in [2.45, 2.75) is 165 Å². The van der Waals surface area contributed by atoms with Crippen molar-refractivity contribution in [2.75, 3.05) is 26.0 Å². The molecule has 0 aromatic heterocycles. The van der Waals surface area contributed by atoms with Gasteiger partial charge in [-0.15, -0.1) is 0 Å². The van der Waals surface area contributed by atoms with Gasteiger partial charge in [0.1, 0.15) is 17.3 Å². The Morgan fingerprint density at radius 1 is 0.674 bits per heavy atom. The normalized spacial score (nSPS) is 18.6. The lowest BCUT2D eigenvalue weighted by atomic mass is 10.0. The zero-order valence-corrected chi connectivity index (χ0v) is 29.2. The summed E-state index contributed by atoms with van der Waals surface area (Å²) in [6, 6.07) is 0.419. The summed E-state index contributed by atoms with van der Waals surface area (Å²) in [5.74, 6) is 1.97. The van der Waals surface area contributed by atoms with Gasteiger partial charge in [0, 0.05) is 62.5 Å². The number of unbranched alkanes of at least 4 members (excludes halogenated alkanes) is 10. The fourth-order valence-corrected chi connectivity index (χ4v) is 7.70. The summed E-state index contributed by atoms with van der Waals surface area (Å²) in [6.07, 6.45) is 18.9. The predicted octanol–water partition coefficient (Wildman–Crippen LogP) is 6.53. The molecule has 2 rings (SSSR count). The highest BCUT2D eigenvalue weighted by Gasteiger charge is 2.42. The van der Waals surface area contributed by atoms with Crippen LogP contribution in [0.25, 0.3) is 0 Å². The van der Waals surface area contributed by atoms with Crippen LogP contribution in [0.4, 0.5) is 4.79 Å². The predicted molar refractivity (Wildman–Crippen MR) is 183 cm³/mol. The molecule has 2 saturated heterocycles. The fourth-order valence-electron chi connectivity index (χ4n) is 6.15. The third kappa shape index (κ3) is 19.6. The molecule has 0 aliphatic carbocycles. The highest BCUT2D eigenvalue weighted by Crippen LogP contribution is 2.33. The first-order valence-electron chi connectivity index (χ1n) is 18.0. The Balaban J connectivity index is 1.29. The zero-order valence-electron chi connectivity index (χ0n) is 28.4. The molecule has 0 bridgehead atoms. The van der Waals surface area contributed by atoms with Crippen molar-refractivity contribution in [2.24, 2.45) is 0 Å². The minimum absolute atomic E-state index is 0.0573. The van der Waals surface area contributed by atoms with Gasteiger partial charge in [0.05, 0.1) is 25.8 Å². The quantitative estimate of drug-likeness (QED) is 0.0328. The van der Waals surface area contributed by atoms with Gasteiger partial charge in [0.2, 0.25) is 5.91 Å². The maximum atomic E-state index is 12.2. The largest absolute Gasteiger partial charge is 0.356 e. The number of carbonyl (C=O) groups excluding carboxylic acids is 5. The summed E-state index contributed by atoms with van der Waals surface area (Å²) in [7, 11) is 1.51. The number of amides is 3. The standard InChI is InChI=1S/C35H61N3O7S/c1-44-45-26-16-3-2-7-17-28(39)18-8-4-9-19-29(40)20-10-5-11-21-30(41)22-12-6-15-25-36-33(42)24-14-13-23-32-34-31(27-46-32)37-35(43)38-34/h31-32,34H,2-27H2,1H3,(H,36,42)(H2,37,38,43). The number of urea groups is 1. The Bertz CT molecular complexity index is 903. The first-order valence-corrected chi connectivity index (χ1v) is 19.1. The number of hydrogen-bond acceptors (Lipinski definition) is 8. The van der Waals surface area contributed by atoms with Gasteiger partial charge in [-0.2, -0.15) is 11.8 Å². The molecule has 2 heterocycles. The summed E-state index contributed by atoms with van der Waals surface area (Å²) in [5.41, 5.74) is 0. The molecule has 3 amide bonds. The Hall–Kier alpha value is -1.98. The monoisotopic (exact) mass is 667 g/mol. The molecule has 3 atom stereocenters. The third-order valence-corrected chi connectivity index (χ3v) is 10.4. The molecule has 2 aliphatic heterocycles. The van der Waals surface area contributed by atoms with Gasteiger partial charge < -0.3 is 16.0 Å². The number of carbonyl (C=O) groups is 5. The average Bonchev–Trinajstić information content (AvgIpc) is 3.59. The second-order valence-electron chi connectivity index (χ2n) is 12.9. The van der Waals surface area contributed by atoms with E-state index in [-0.39, 0.29) is 24.0 Å². The lowest BCUT2D eigenvalue weighted by Gasteiger charge is -2.16. The number of rotatable bonds is 31. The maximum absolute atomic E-state index is 12.2. The van der Waals surface area contributed by atoms with Crippen LogP contribution in [-0.2, 0) is 29.0 Å². The number of ketones is 3. The van der Waals surface area contributed by atoms with Crippen molar-refractivity contribution < 1.29 is 33.7 Å². The van der Waals surface area contributed by atoms with Crippen LogP contribution in [0.3, 0.4) is 0 Å². The Labute approximate surface area is 281 Å². The zero-order chi connectivity index (χ0) is 33.2. The lowest BCUT2D eigenvalue weighted by molar-refractivity contribution is -0.272. The van der Waals surface area contributed by atoms with Gasteiger partial charge in [0.15, 0.2) is 0 Å². The molecule has 0 aromatic carbocycles. The van der Waals surface area contributed by atoms with E-state index in [1.54, 1.807) is 0 Å². The number of thioether (sulfide) groups is 1. The van der Waals surface area contributed by atoms with Gasteiger partial charge in [-0.25, -0.2) is 14.6 Å². The third-order valence-electron chi connectivity index (χ3n) is 8.91. The first-order chi connectivity index (χ1) is 22.4. The van der Waals surface area contributed by atoms with Crippen LogP contribution in [0, 0.1) is 0 Å². The van der Waals surface area contributed by atoms with Crippen molar-refractivity contribution >= 4 is 41.0 Å². The molecule has 10 nitrogen and oxygen atoms in total. The van der Waals surface area contributed by atoms with E-state index < -0.39 is 0 Å². The summed E-state index contributed by atoms with van der Waals surface area (Å²) in [5, 5.41) is 9.40. The second kappa shape index (κ2) is 26.0. The van der Waals surface area contributed by atoms with Gasteiger partial charge in [-0.3, -0.25) is 19.2 Å². The fraction of sp³-hybridized carbons (Fsp3) is 0.857. The number of hydrogen-bond donors (Lipinski definition) is 3. The van der Waals surface area contributed by atoms with E-state index in [2.05, 4.69) is 20.8 Å². The maximum Gasteiger partial charge on any atom is 0.315 e. The van der Waals surface area contributed by atoms with Gasteiger partial charge in [-0.05, 0) is 64.2 Å². The van der Waals surface area contributed by atoms with E-state index in [4.69, 9.17) is 4.89 Å². The molecule has 2 aliphatic rings. The van der Waals surface area contributed by atoms with Gasteiger partial charge in [-0.1, -0.05) is 38.5 Å². The molecule has 264 valence electrons. The minimum Gasteiger partial charge on any atom is -0.356 e. The average molecular weight is 668 g/mol. The van der Waals surface area contributed by atoms with Crippen molar-refractivity contribution in [1.29, 1.82) is 0 Å². The molecule has 11 heteroatoms. The van der Waals surface area contributed by atoms with Gasteiger partial charge >= 0.3 is 6.03 Å². The second-order valence-corrected chi connectivity index (χ2v) is 14.2. The van der Waals surface area contributed by atoms with E-state index in [0.717, 1.165) is 108 Å². The minimum atomic E-state index is -0.0573. The van der Waals surface area contributed by atoms with E-state index in [1.165, 1.54) is 7.11 Å². The molecular formula is C35H61N3O7S. The van der Waals surface area contributed by atoms with Gasteiger partial charge in [0.25, 0.3) is 0 Å². The molecule has 0 saturated carbocycles. The highest BCUT2D eigenvalue weighted by atomic mass is 32.2. The van der Waals surface area contributed by atoms with Crippen LogP contribution in [0.1, 0.15) is 148 Å². The molecule has 0 radical (unpaired) electrons. The summed E-state index contributed by atoms with van der Waals surface area (Å²) < 4.78 is 0. The summed E-state index contributed by atoms with van der Waals surface area (Å²) in [4.78, 5) is 69.3. The lowest BCUT2D eigenvalue weighted by Crippen LogP contribution is -2.36. The summed E-state index contributed by atoms with van der Waals surface area (Å²) in [6.45, 7) is 1.26. The van der Waals surface area contributed by atoms with Crippen molar-refractivity contribution in [3.63, 3.8) is 0 Å². The Morgan fingerprint density at radius 3 is 1.74 bits per heavy atom. The molecule has 46 heavy (non-hydrogen) atoms. The number of fused-ring (bicyclic) bond motifs is 1. The molecule has 2 fully saturated rings. The van der Waals surface area contributed by atoms with Crippen molar-refractivity contribution in [3.8, 4) is 0 Å². The highest BCUT2D eigenvalue weighted by molar-refractivity contribution is 8.00. The topological polar surface area (TPSA) is 140 Å². The Kier molecular flexibility index (Phi) is 22.7. The van der Waals surface area contributed by atoms with Crippen LogP contribution in [-0.4, -0.2) is 72.6 Å². The molecular weight excluding hydrogens is 606 g/mol. The SMILES string of the molecule is COOCCCCCCC(=O)CCCCCC(=O)CCCCCC(=O)CCCCCNC(=O)CCCCC1SCC2NC(=O)NC21. The van der Waals surface area contributed by atoms with Crippen molar-refractivity contribution in [3.05, 3.63) is 0 Å². The summed E-state index contributed by atoms with van der Waals surface area (Å²) >= 11 is 1.91. The van der Waals surface area contributed by atoms with Crippen LogP contribution >= 0.6 is 11.8 Å². The van der Waals surface area contributed by atoms with E-state index in [0.29, 0.717) is 80.7 Å². The van der Waals surface area contributed by atoms with Crippen molar-refractivity contribution in [1.82, 2.24) is 16.0 Å². The number of Topliss-reactive ketones (excluding diaryl/α,β-unsaturated/α-hetero) is 3. The molecule has 3 N–H and O–H groups in total. The van der Waals surface area contributed by atoms with Crippen LogP contribution in [0.5, 0.6) is 0 Å². The molecule has 3 unspecified atom stereocenters. The van der Waals surface area contributed by atoms with E-state index in [1.807, 2.05) is 11.8 Å². The Morgan fingerprint density at radius 2 is 1.17 bits per heavy atom. The van der Waals surface area contributed by atoms with E-state index in [9.17, 15) is 24.0 Å². The van der Waals surface area contributed by atoms with Crippen LogP contribution in [0.2, 0.25) is 0 Å². The molecule has 0 spiro atoms. The van der Waals surface area contributed by atoms with Crippen LogP contribution in [0.15, 0.2) is 0 Å². The van der Waals surface area contributed by atoms with Crippen LogP contribution < -0.4 is 16.0 Å². The first kappa shape index (κ1) is 40.2.